The predicted molar refractivity (Wildman–Crippen MR) is 76.4 cm³/mol. The summed E-state index contributed by atoms with van der Waals surface area (Å²) in [6.07, 6.45) is 2.59. The molecule has 1 heterocycles. The van der Waals surface area contributed by atoms with Gasteiger partial charge >= 0.3 is 0 Å². The molecule has 0 aromatic heterocycles. The smallest absolute Gasteiger partial charge is 0.236 e. The molecule has 1 saturated heterocycles. The van der Waals surface area contributed by atoms with Crippen molar-refractivity contribution in [2.75, 3.05) is 13.1 Å². The molecule has 0 aliphatic carbocycles. The van der Waals surface area contributed by atoms with Gasteiger partial charge in [-0.1, -0.05) is 24.3 Å². The van der Waals surface area contributed by atoms with Crippen molar-refractivity contribution in [3.63, 3.8) is 0 Å². The average molecular weight is 261 g/mol. The first-order valence-corrected chi connectivity index (χ1v) is 6.99. The lowest BCUT2D eigenvalue weighted by molar-refractivity contribution is -0.122. The Morgan fingerprint density at radius 2 is 1.95 bits per heavy atom. The number of nitrogens with zero attached hydrogens (tertiary/aromatic N) is 1. The topological polar surface area (TPSA) is 58.4 Å². The lowest BCUT2D eigenvalue weighted by atomic mass is 10.1. The molecule has 1 amide bonds. The highest BCUT2D eigenvalue weighted by Gasteiger charge is 2.14. The highest BCUT2D eigenvalue weighted by molar-refractivity contribution is 5.80. The van der Waals surface area contributed by atoms with Crippen LogP contribution in [0.25, 0.3) is 0 Å². The highest BCUT2D eigenvalue weighted by Crippen LogP contribution is 2.16. The molecule has 0 bridgehead atoms. The maximum Gasteiger partial charge on any atom is 0.236 e. The van der Waals surface area contributed by atoms with Crippen LogP contribution in [0.5, 0.6) is 0 Å². The van der Waals surface area contributed by atoms with Gasteiger partial charge in [-0.2, -0.15) is 0 Å². The van der Waals surface area contributed by atoms with Gasteiger partial charge in [0, 0.05) is 13.1 Å². The second kappa shape index (κ2) is 6.68. The van der Waals surface area contributed by atoms with E-state index in [4.69, 9.17) is 5.73 Å². The fraction of sp³-hybridized carbons (Fsp3) is 0.533. The van der Waals surface area contributed by atoms with Crippen LogP contribution in [0.3, 0.4) is 0 Å². The van der Waals surface area contributed by atoms with Gasteiger partial charge in [0.2, 0.25) is 5.91 Å². The molecule has 3 N–H and O–H groups in total. The minimum absolute atomic E-state index is 0.101. The summed E-state index contributed by atoms with van der Waals surface area (Å²) in [5.41, 5.74) is 8.03. The van der Waals surface area contributed by atoms with Gasteiger partial charge in [-0.25, -0.2) is 0 Å². The summed E-state index contributed by atoms with van der Waals surface area (Å²) in [5, 5.41) is 2.88. The first kappa shape index (κ1) is 14.0. The number of hydrogen-bond donors (Lipinski definition) is 2. The van der Waals surface area contributed by atoms with Gasteiger partial charge in [-0.3, -0.25) is 9.69 Å². The Hall–Kier alpha value is -1.39. The molecule has 1 aliphatic heterocycles. The minimum atomic E-state index is -0.453. The molecule has 1 aromatic carbocycles. The van der Waals surface area contributed by atoms with Crippen molar-refractivity contribution >= 4 is 5.91 Å². The molecule has 1 atom stereocenters. The van der Waals surface area contributed by atoms with Crippen LogP contribution >= 0.6 is 0 Å². The Labute approximate surface area is 115 Å². The van der Waals surface area contributed by atoms with E-state index in [2.05, 4.69) is 28.4 Å². The molecule has 0 saturated carbocycles. The highest BCUT2D eigenvalue weighted by atomic mass is 16.2. The largest absolute Gasteiger partial charge is 0.351 e. The maximum atomic E-state index is 11.5. The standard InChI is InChI=1S/C15H23N3O/c1-12(16)15(19)17-10-13-6-2-3-7-14(13)11-18-8-4-5-9-18/h2-3,6-7,12H,4-5,8-11,16H2,1H3,(H,17,19). The summed E-state index contributed by atoms with van der Waals surface area (Å²) in [6.45, 7) is 5.60. The van der Waals surface area contributed by atoms with Crippen molar-refractivity contribution < 1.29 is 4.79 Å². The van der Waals surface area contributed by atoms with Crippen LogP contribution in [-0.2, 0) is 17.9 Å². The summed E-state index contributed by atoms with van der Waals surface area (Å²) < 4.78 is 0. The Kier molecular flexibility index (Phi) is 4.93. The summed E-state index contributed by atoms with van der Waals surface area (Å²) in [4.78, 5) is 14.0. The van der Waals surface area contributed by atoms with Gasteiger partial charge < -0.3 is 11.1 Å². The Morgan fingerprint density at radius 1 is 1.32 bits per heavy atom. The van der Waals surface area contributed by atoms with Crippen LogP contribution < -0.4 is 11.1 Å². The SMILES string of the molecule is CC(N)C(=O)NCc1ccccc1CN1CCCC1. The average Bonchev–Trinajstić information content (AvgIpc) is 2.90. The molecule has 4 heteroatoms. The molecule has 4 nitrogen and oxygen atoms in total. The van der Waals surface area contributed by atoms with Gasteiger partial charge in [-0.05, 0) is 44.0 Å². The summed E-state index contributed by atoms with van der Waals surface area (Å²) in [7, 11) is 0. The number of benzene rings is 1. The first-order valence-electron chi connectivity index (χ1n) is 6.99. The number of nitrogens with two attached hydrogens (primary N) is 1. The number of carbonyl (C=O) groups is 1. The van der Waals surface area contributed by atoms with Crippen LogP contribution in [0.1, 0.15) is 30.9 Å². The zero-order chi connectivity index (χ0) is 13.7. The van der Waals surface area contributed by atoms with Crippen LogP contribution in [0.15, 0.2) is 24.3 Å². The zero-order valence-electron chi connectivity index (χ0n) is 11.6. The van der Waals surface area contributed by atoms with Gasteiger partial charge in [0.25, 0.3) is 0 Å². The van der Waals surface area contributed by atoms with Crippen LogP contribution in [-0.4, -0.2) is 29.9 Å². The fourth-order valence-corrected chi connectivity index (χ4v) is 2.41. The molecule has 1 fully saturated rings. The van der Waals surface area contributed by atoms with E-state index >= 15 is 0 Å². The number of hydrogen-bond acceptors (Lipinski definition) is 3. The van der Waals surface area contributed by atoms with E-state index in [9.17, 15) is 4.79 Å². The lowest BCUT2D eigenvalue weighted by Gasteiger charge is -2.18. The van der Waals surface area contributed by atoms with E-state index in [0.29, 0.717) is 6.54 Å². The van der Waals surface area contributed by atoms with Crippen molar-refractivity contribution in [3.8, 4) is 0 Å². The van der Waals surface area contributed by atoms with Crippen molar-refractivity contribution in [2.24, 2.45) is 5.73 Å². The van der Waals surface area contributed by atoms with Gasteiger partial charge in [0.1, 0.15) is 0 Å². The molecule has 1 aromatic rings. The van der Waals surface area contributed by atoms with Gasteiger partial charge in [0.05, 0.1) is 6.04 Å². The fourth-order valence-electron chi connectivity index (χ4n) is 2.41. The van der Waals surface area contributed by atoms with Crippen molar-refractivity contribution in [2.45, 2.75) is 38.9 Å². The Balaban J connectivity index is 1.97. The number of likely N-dealkylation sites (tertiary alicyclic amines) is 1. The summed E-state index contributed by atoms with van der Waals surface area (Å²) >= 11 is 0. The molecule has 1 aliphatic rings. The van der Waals surface area contributed by atoms with Crippen molar-refractivity contribution in [1.29, 1.82) is 0 Å². The molecular weight excluding hydrogens is 238 g/mol. The predicted octanol–water partition coefficient (Wildman–Crippen LogP) is 1.25. The first-order chi connectivity index (χ1) is 9.16. The Morgan fingerprint density at radius 3 is 2.58 bits per heavy atom. The molecule has 19 heavy (non-hydrogen) atoms. The second-order valence-corrected chi connectivity index (χ2v) is 5.26. The van der Waals surface area contributed by atoms with E-state index in [-0.39, 0.29) is 5.91 Å². The third-order valence-corrected chi connectivity index (χ3v) is 3.58. The monoisotopic (exact) mass is 261 g/mol. The zero-order valence-corrected chi connectivity index (χ0v) is 11.6. The van der Waals surface area contributed by atoms with E-state index in [0.717, 1.165) is 6.54 Å². The van der Waals surface area contributed by atoms with E-state index < -0.39 is 6.04 Å². The third-order valence-electron chi connectivity index (χ3n) is 3.58. The normalized spacial score (nSPS) is 17.4. The van der Waals surface area contributed by atoms with E-state index in [1.807, 2.05) is 6.07 Å². The van der Waals surface area contributed by atoms with Crippen molar-refractivity contribution in [1.82, 2.24) is 10.2 Å². The molecule has 104 valence electrons. The van der Waals surface area contributed by atoms with Gasteiger partial charge in [0.15, 0.2) is 0 Å². The van der Waals surface area contributed by atoms with Gasteiger partial charge in [-0.15, -0.1) is 0 Å². The number of carbonyl (C=O) groups excluding carboxylic acids is 1. The molecule has 0 radical (unpaired) electrons. The van der Waals surface area contributed by atoms with E-state index in [1.54, 1.807) is 6.92 Å². The summed E-state index contributed by atoms with van der Waals surface area (Å²) in [6, 6.07) is 7.84. The molecule has 1 unspecified atom stereocenters. The van der Waals surface area contributed by atoms with Crippen LogP contribution in [0.2, 0.25) is 0 Å². The van der Waals surface area contributed by atoms with Crippen molar-refractivity contribution in [3.05, 3.63) is 35.4 Å². The minimum Gasteiger partial charge on any atom is -0.351 e. The van der Waals surface area contributed by atoms with Crippen LogP contribution in [0.4, 0.5) is 0 Å². The van der Waals surface area contributed by atoms with Crippen LogP contribution in [0, 0.1) is 0 Å². The third kappa shape index (κ3) is 4.04. The number of nitrogens with one attached hydrogen (secondary N) is 1. The second-order valence-electron chi connectivity index (χ2n) is 5.26. The number of amides is 1. The molecule has 2 rings (SSSR count). The maximum absolute atomic E-state index is 11.5. The Bertz CT molecular complexity index is 425. The quantitative estimate of drug-likeness (QED) is 0.838. The molecular formula is C15H23N3O. The number of rotatable bonds is 5. The summed E-state index contributed by atoms with van der Waals surface area (Å²) in [5.74, 6) is -0.101. The molecule has 0 spiro atoms. The van der Waals surface area contributed by atoms with E-state index in [1.165, 1.54) is 37.1 Å². The lowest BCUT2D eigenvalue weighted by Crippen LogP contribution is -2.38.